The number of amidine groups is 1. The summed E-state index contributed by atoms with van der Waals surface area (Å²) in [6.45, 7) is 8.63. The van der Waals surface area contributed by atoms with Crippen molar-refractivity contribution in [3.63, 3.8) is 0 Å². The van der Waals surface area contributed by atoms with E-state index in [2.05, 4.69) is 27.7 Å². The summed E-state index contributed by atoms with van der Waals surface area (Å²) in [4.78, 5) is 18.6. The molecule has 96 valence electrons. The molecule has 2 atom stereocenters. The number of thioether (sulfide) groups is 1. The topological polar surface area (TPSA) is 32.7 Å². The van der Waals surface area contributed by atoms with E-state index in [1.807, 2.05) is 4.90 Å². The predicted molar refractivity (Wildman–Crippen MR) is 73.2 cm³/mol. The quantitative estimate of drug-likeness (QED) is 0.776. The summed E-state index contributed by atoms with van der Waals surface area (Å²) < 4.78 is 0. The van der Waals surface area contributed by atoms with Gasteiger partial charge in [0.25, 0.3) is 0 Å². The van der Waals surface area contributed by atoms with Crippen molar-refractivity contribution >= 4 is 22.8 Å². The Balaban J connectivity index is 2.08. The van der Waals surface area contributed by atoms with Gasteiger partial charge in [0.1, 0.15) is 0 Å². The Hall–Kier alpha value is -0.510. The van der Waals surface area contributed by atoms with E-state index < -0.39 is 0 Å². The first-order chi connectivity index (χ1) is 8.00. The van der Waals surface area contributed by atoms with Gasteiger partial charge in [0.2, 0.25) is 5.91 Å². The van der Waals surface area contributed by atoms with Gasteiger partial charge in [0.15, 0.2) is 5.17 Å². The maximum absolute atomic E-state index is 11.9. The largest absolute Gasteiger partial charge is 0.289 e. The molecule has 1 aliphatic carbocycles. The van der Waals surface area contributed by atoms with Crippen LogP contribution in [0.1, 0.15) is 40.5 Å². The summed E-state index contributed by atoms with van der Waals surface area (Å²) >= 11 is 1.74. The van der Waals surface area contributed by atoms with E-state index in [4.69, 9.17) is 4.99 Å². The van der Waals surface area contributed by atoms with Gasteiger partial charge in [-0.2, -0.15) is 0 Å². The van der Waals surface area contributed by atoms with Gasteiger partial charge in [0, 0.05) is 18.2 Å². The molecule has 2 aliphatic rings. The minimum Gasteiger partial charge on any atom is -0.289 e. The van der Waals surface area contributed by atoms with Crippen LogP contribution in [0.3, 0.4) is 0 Å². The molecule has 0 aromatic carbocycles. The highest BCUT2D eigenvalue weighted by Crippen LogP contribution is 2.41. The summed E-state index contributed by atoms with van der Waals surface area (Å²) in [6.07, 6.45) is 1.85. The van der Waals surface area contributed by atoms with Crippen molar-refractivity contribution in [2.24, 2.45) is 16.8 Å². The second-order valence-electron chi connectivity index (χ2n) is 5.58. The van der Waals surface area contributed by atoms with Gasteiger partial charge in [-0.25, -0.2) is 0 Å². The Morgan fingerprint density at radius 3 is 2.59 bits per heavy atom. The third-order valence-corrected chi connectivity index (χ3v) is 4.44. The second-order valence-corrected chi connectivity index (χ2v) is 6.64. The van der Waals surface area contributed by atoms with Crippen molar-refractivity contribution in [3.8, 4) is 0 Å². The third-order valence-electron chi connectivity index (χ3n) is 3.48. The highest BCUT2D eigenvalue weighted by Gasteiger charge is 2.40. The zero-order valence-corrected chi connectivity index (χ0v) is 12.0. The first kappa shape index (κ1) is 12.9. The van der Waals surface area contributed by atoms with E-state index in [0.717, 1.165) is 16.8 Å². The fraction of sp³-hybridized carbons (Fsp3) is 0.846. The van der Waals surface area contributed by atoms with E-state index in [0.29, 0.717) is 18.4 Å². The van der Waals surface area contributed by atoms with Gasteiger partial charge in [0.05, 0.1) is 6.04 Å². The molecule has 4 heteroatoms. The average Bonchev–Trinajstić information content (AvgIpc) is 2.96. The number of carbonyl (C=O) groups excluding carboxylic acids is 1. The highest BCUT2D eigenvalue weighted by atomic mass is 32.2. The molecular formula is C13H22N2OS. The molecular weight excluding hydrogens is 232 g/mol. The predicted octanol–water partition coefficient (Wildman–Crippen LogP) is 2.76. The fourth-order valence-corrected chi connectivity index (χ4v) is 3.46. The number of hydrogen-bond donors (Lipinski definition) is 0. The lowest BCUT2D eigenvalue weighted by Crippen LogP contribution is -2.43. The van der Waals surface area contributed by atoms with Crippen molar-refractivity contribution in [1.82, 2.24) is 4.90 Å². The zero-order valence-electron chi connectivity index (χ0n) is 11.1. The molecule has 0 spiro atoms. The monoisotopic (exact) mass is 254 g/mol. The first-order valence-corrected chi connectivity index (χ1v) is 7.52. The molecule has 3 nitrogen and oxygen atoms in total. The van der Waals surface area contributed by atoms with Gasteiger partial charge in [-0.1, -0.05) is 25.6 Å². The zero-order chi connectivity index (χ0) is 12.6. The lowest BCUT2D eigenvalue weighted by atomic mass is 10.1. The summed E-state index contributed by atoms with van der Waals surface area (Å²) in [5.74, 6) is 2.56. The molecule has 0 radical (unpaired) electrons. The molecule has 17 heavy (non-hydrogen) atoms. The van der Waals surface area contributed by atoms with E-state index in [1.165, 1.54) is 6.42 Å². The number of amides is 1. The maximum atomic E-state index is 11.9. The lowest BCUT2D eigenvalue weighted by molar-refractivity contribution is -0.128. The minimum absolute atomic E-state index is 0.227. The number of aliphatic imine (C=N–C) groups is 1. The van der Waals surface area contributed by atoms with Crippen molar-refractivity contribution in [1.29, 1.82) is 0 Å². The van der Waals surface area contributed by atoms with Gasteiger partial charge in [-0.15, -0.1) is 0 Å². The van der Waals surface area contributed by atoms with Crippen LogP contribution in [0.15, 0.2) is 4.99 Å². The molecule has 2 rings (SSSR count). The SMILES string of the molecule is CC(C)C1CC1/N=C1\SCCC(=O)N1C(C)C. The molecule has 1 heterocycles. The van der Waals surface area contributed by atoms with Crippen molar-refractivity contribution in [2.45, 2.75) is 52.6 Å². The van der Waals surface area contributed by atoms with Crippen LogP contribution in [0.5, 0.6) is 0 Å². The smallest absolute Gasteiger partial charge is 0.229 e. The van der Waals surface area contributed by atoms with E-state index in [9.17, 15) is 4.79 Å². The van der Waals surface area contributed by atoms with Gasteiger partial charge < -0.3 is 0 Å². The standard InChI is InChI=1S/C13H22N2OS/c1-8(2)10-7-11(10)14-13-15(9(3)4)12(16)5-6-17-13/h8-11H,5-7H2,1-4H3/b14-13-. The lowest BCUT2D eigenvalue weighted by Gasteiger charge is -2.31. The van der Waals surface area contributed by atoms with E-state index in [1.54, 1.807) is 11.8 Å². The van der Waals surface area contributed by atoms with Crippen LogP contribution >= 0.6 is 11.8 Å². The normalized spacial score (nSPS) is 31.8. The molecule has 1 amide bonds. The van der Waals surface area contributed by atoms with E-state index in [-0.39, 0.29) is 11.9 Å². The molecule has 2 fully saturated rings. The summed E-state index contributed by atoms with van der Waals surface area (Å²) in [7, 11) is 0. The van der Waals surface area contributed by atoms with Crippen LogP contribution in [-0.2, 0) is 4.79 Å². The summed E-state index contributed by atoms with van der Waals surface area (Å²) in [5, 5.41) is 0.962. The first-order valence-electron chi connectivity index (χ1n) is 6.53. The van der Waals surface area contributed by atoms with Crippen LogP contribution < -0.4 is 0 Å². The summed E-state index contributed by atoms with van der Waals surface area (Å²) in [5.41, 5.74) is 0. The van der Waals surface area contributed by atoms with E-state index >= 15 is 0 Å². The molecule has 1 aliphatic heterocycles. The Labute approximate surface area is 108 Å². The van der Waals surface area contributed by atoms with Crippen LogP contribution in [-0.4, -0.2) is 33.8 Å². The van der Waals surface area contributed by atoms with Gasteiger partial charge in [-0.3, -0.25) is 14.7 Å². The van der Waals surface area contributed by atoms with Crippen LogP contribution in [0.2, 0.25) is 0 Å². The molecule has 1 saturated carbocycles. The summed E-state index contributed by atoms with van der Waals surface area (Å²) in [6, 6.07) is 0.690. The average molecular weight is 254 g/mol. The highest BCUT2D eigenvalue weighted by molar-refractivity contribution is 8.14. The molecule has 2 unspecified atom stereocenters. The second kappa shape index (κ2) is 5.01. The van der Waals surface area contributed by atoms with Crippen molar-refractivity contribution < 1.29 is 4.79 Å². The van der Waals surface area contributed by atoms with Gasteiger partial charge in [-0.05, 0) is 32.1 Å². The van der Waals surface area contributed by atoms with Crippen molar-refractivity contribution in [3.05, 3.63) is 0 Å². The molecule has 0 bridgehead atoms. The number of hydrogen-bond acceptors (Lipinski definition) is 3. The maximum Gasteiger partial charge on any atom is 0.229 e. The van der Waals surface area contributed by atoms with Crippen LogP contribution in [0.25, 0.3) is 0 Å². The number of rotatable bonds is 3. The molecule has 0 aromatic rings. The Morgan fingerprint density at radius 1 is 1.35 bits per heavy atom. The fourth-order valence-electron chi connectivity index (χ4n) is 2.34. The Kier molecular flexibility index (Phi) is 3.81. The third kappa shape index (κ3) is 2.84. The van der Waals surface area contributed by atoms with Crippen LogP contribution in [0.4, 0.5) is 0 Å². The number of carbonyl (C=O) groups is 1. The number of nitrogens with zero attached hydrogens (tertiary/aromatic N) is 2. The molecule has 0 N–H and O–H groups in total. The molecule has 0 aromatic heterocycles. The van der Waals surface area contributed by atoms with Crippen molar-refractivity contribution in [2.75, 3.05) is 5.75 Å². The molecule has 1 saturated heterocycles. The Bertz CT molecular complexity index is 338. The minimum atomic E-state index is 0.227. The van der Waals surface area contributed by atoms with Crippen LogP contribution in [0, 0.1) is 11.8 Å². The Morgan fingerprint density at radius 2 is 2.06 bits per heavy atom. The van der Waals surface area contributed by atoms with Gasteiger partial charge >= 0.3 is 0 Å².